The van der Waals surface area contributed by atoms with Crippen LogP contribution in [0.3, 0.4) is 0 Å². The number of fused-ring (bicyclic) bond motifs is 1. The normalized spacial score (nSPS) is 10.4. The Labute approximate surface area is 56.2 Å². The Kier molecular flexibility index (Phi) is 0.887. The van der Waals surface area contributed by atoms with Gasteiger partial charge in [-0.05, 0) is 0 Å². The maximum absolute atomic E-state index is 10.9. The highest BCUT2D eigenvalue weighted by atomic mass is 16.1. The molecule has 4 heteroatoms. The fraction of sp³-hybridized carbons (Fsp3) is 0. The molecule has 0 aliphatic carbocycles. The van der Waals surface area contributed by atoms with Crippen LogP contribution in [0, 0.1) is 0 Å². The highest BCUT2D eigenvalue weighted by Gasteiger charge is 1.94. The van der Waals surface area contributed by atoms with Gasteiger partial charge in [-0.25, -0.2) is 4.98 Å². The Bertz CT molecular complexity index is 400. The summed E-state index contributed by atoms with van der Waals surface area (Å²) in [6.07, 6.45) is 6.63. The molecule has 0 aromatic carbocycles. The van der Waals surface area contributed by atoms with Crippen molar-refractivity contribution in [1.29, 1.82) is 0 Å². The van der Waals surface area contributed by atoms with Gasteiger partial charge in [0, 0.05) is 24.8 Å². The molecular formula is C6H5N3O. The summed E-state index contributed by atoms with van der Waals surface area (Å²) in [4.78, 5) is 17.3. The first-order chi connectivity index (χ1) is 4.88. The summed E-state index contributed by atoms with van der Waals surface area (Å²) in [6, 6.07) is 0. The van der Waals surface area contributed by atoms with Crippen molar-refractivity contribution in [3.8, 4) is 0 Å². The van der Waals surface area contributed by atoms with Gasteiger partial charge < -0.3 is 9.38 Å². The Morgan fingerprint density at radius 2 is 2.40 bits per heavy atom. The molecule has 2 rings (SSSR count). The SMILES string of the molecule is O=c1[nH]ccn2ccnc12. The highest BCUT2D eigenvalue weighted by molar-refractivity contribution is 5.33. The number of nitrogens with zero attached hydrogens (tertiary/aromatic N) is 2. The maximum Gasteiger partial charge on any atom is 0.291 e. The van der Waals surface area contributed by atoms with Crippen LogP contribution < -0.4 is 5.56 Å². The molecule has 50 valence electrons. The quantitative estimate of drug-likeness (QED) is 0.553. The van der Waals surface area contributed by atoms with Crippen LogP contribution in [-0.2, 0) is 0 Å². The minimum atomic E-state index is -0.160. The van der Waals surface area contributed by atoms with Crippen LogP contribution in [0.5, 0.6) is 0 Å². The monoisotopic (exact) mass is 135 g/mol. The third kappa shape index (κ3) is 0.556. The molecule has 2 aromatic heterocycles. The van der Waals surface area contributed by atoms with Gasteiger partial charge in [0.25, 0.3) is 5.56 Å². The summed E-state index contributed by atoms with van der Waals surface area (Å²) in [6.45, 7) is 0. The minimum Gasteiger partial charge on any atom is -0.324 e. The highest BCUT2D eigenvalue weighted by Crippen LogP contribution is 1.88. The standard InChI is InChI=1S/C6H5N3O/c10-6-5-7-1-3-9(5)4-2-8-6/h1-4H,(H,8,10). The summed E-state index contributed by atoms with van der Waals surface area (Å²) in [5.41, 5.74) is 0.273. The van der Waals surface area contributed by atoms with Crippen LogP contribution in [0.15, 0.2) is 29.6 Å². The lowest BCUT2D eigenvalue weighted by molar-refractivity contribution is 1.09. The van der Waals surface area contributed by atoms with Gasteiger partial charge in [0.1, 0.15) is 0 Å². The van der Waals surface area contributed by atoms with Gasteiger partial charge in [0.2, 0.25) is 5.65 Å². The van der Waals surface area contributed by atoms with Gasteiger partial charge in [0.15, 0.2) is 0 Å². The lowest BCUT2D eigenvalue weighted by Crippen LogP contribution is -2.07. The van der Waals surface area contributed by atoms with Crippen LogP contribution in [0.25, 0.3) is 5.65 Å². The summed E-state index contributed by atoms with van der Waals surface area (Å²) >= 11 is 0. The average Bonchev–Trinajstić information content (AvgIpc) is 2.36. The minimum absolute atomic E-state index is 0.160. The number of H-pyrrole nitrogens is 1. The van der Waals surface area contributed by atoms with Gasteiger partial charge in [-0.1, -0.05) is 0 Å². The zero-order valence-electron chi connectivity index (χ0n) is 5.11. The molecule has 0 unspecified atom stereocenters. The maximum atomic E-state index is 10.9. The van der Waals surface area contributed by atoms with Crippen molar-refractivity contribution in [3.63, 3.8) is 0 Å². The molecule has 2 aromatic rings. The molecule has 0 saturated carbocycles. The molecule has 0 bridgehead atoms. The fourth-order valence-corrected chi connectivity index (χ4v) is 0.867. The van der Waals surface area contributed by atoms with E-state index < -0.39 is 0 Å². The molecule has 0 amide bonds. The Balaban J connectivity index is 3.09. The number of rotatable bonds is 0. The van der Waals surface area contributed by atoms with Gasteiger partial charge in [-0.3, -0.25) is 4.79 Å². The fourth-order valence-electron chi connectivity index (χ4n) is 0.867. The molecule has 2 heterocycles. The van der Waals surface area contributed by atoms with Crippen molar-refractivity contribution < 1.29 is 0 Å². The van der Waals surface area contributed by atoms with Crippen molar-refractivity contribution >= 4 is 5.65 Å². The second-order valence-corrected chi connectivity index (χ2v) is 1.95. The van der Waals surface area contributed by atoms with E-state index in [1.54, 1.807) is 29.2 Å². The average molecular weight is 135 g/mol. The van der Waals surface area contributed by atoms with Gasteiger partial charge in [-0.2, -0.15) is 0 Å². The number of hydrogen-bond acceptors (Lipinski definition) is 2. The Morgan fingerprint density at radius 3 is 3.20 bits per heavy atom. The molecule has 0 radical (unpaired) electrons. The first kappa shape index (κ1) is 5.22. The van der Waals surface area contributed by atoms with E-state index in [9.17, 15) is 4.79 Å². The molecule has 0 saturated heterocycles. The van der Waals surface area contributed by atoms with E-state index in [2.05, 4.69) is 9.97 Å². The van der Waals surface area contributed by atoms with Crippen LogP contribution in [0.4, 0.5) is 0 Å². The molecule has 0 aliphatic rings. The molecule has 0 spiro atoms. The molecule has 0 aliphatic heterocycles. The summed E-state index contributed by atoms with van der Waals surface area (Å²) in [5.74, 6) is 0. The van der Waals surface area contributed by atoms with E-state index in [4.69, 9.17) is 0 Å². The first-order valence-electron chi connectivity index (χ1n) is 2.88. The Morgan fingerprint density at radius 1 is 1.50 bits per heavy atom. The molecule has 4 nitrogen and oxygen atoms in total. The largest absolute Gasteiger partial charge is 0.324 e. The molecule has 0 atom stereocenters. The van der Waals surface area contributed by atoms with E-state index >= 15 is 0 Å². The second-order valence-electron chi connectivity index (χ2n) is 1.95. The molecule has 0 fully saturated rings. The molecule has 1 N–H and O–H groups in total. The topological polar surface area (TPSA) is 50.2 Å². The van der Waals surface area contributed by atoms with Crippen LogP contribution in [0.2, 0.25) is 0 Å². The van der Waals surface area contributed by atoms with E-state index in [0.29, 0.717) is 5.65 Å². The van der Waals surface area contributed by atoms with Gasteiger partial charge >= 0.3 is 0 Å². The number of nitrogens with one attached hydrogen (secondary N) is 1. The zero-order chi connectivity index (χ0) is 6.97. The number of aromatic amines is 1. The van der Waals surface area contributed by atoms with Gasteiger partial charge in [0.05, 0.1) is 0 Å². The lowest BCUT2D eigenvalue weighted by atomic mass is 10.7. The van der Waals surface area contributed by atoms with Crippen molar-refractivity contribution in [2.75, 3.05) is 0 Å². The molecular weight excluding hydrogens is 130 g/mol. The van der Waals surface area contributed by atoms with Crippen molar-refractivity contribution in [2.45, 2.75) is 0 Å². The van der Waals surface area contributed by atoms with Crippen molar-refractivity contribution in [3.05, 3.63) is 35.1 Å². The Hall–Kier alpha value is -1.58. The number of imidazole rings is 1. The third-order valence-corrected chi connectivity index (χ3v) is 1.32. The predicted octanol–water partition coefficient (Wildman–Crippen LogP) is 0.0226. The zero-order valence-corrected chi connectivity index (χ0v) is 5.11. The second kappa shape index (κ2) is 1.70. The summed E-state index contributed by atoms with van der Waals surface area (Å²) in [7, 11) is 0. The number of hydrogen-bond donors (Lipinski definition) is 1. The van der Waals surface area contributed by atoms with Crippen molar-refractivity contribution in [2.24, 2.45) is 0 Å². The smallest absolute Gasteiger partial charge is 0.291 e. The van der Waals surface area contributed by atoms with Crippen LogP contribution in [-0.4, -0.2) is 14.4 Å². The lowest BCUT2D eigenvalue weighted by Gasteiger charge is -1.86. The van der Waals surface area contributed by atoms with E-state index in [0.717, 1.165) is 0 Å². The predicted molar refractivity (Wildman–Crippen MR) is 35.8 cm³/mol. The number of aromatic nitrogens is 3. The summed E-state index contributed by atoms with van der Waals surface area (Å²) in [5, 5.41) is 0. The van der Waals surface area contributed by atoms with Crippen LogP contribution >= 0.6 is 0 Å². The van der Waals surface area contributed by atoms with Crippen molar-refractivity contribution in [1.82, 2.24) is 14.4 Å². The first-order valence-corrected chi connectivity index (χ1v) is 2.88. The summed E-state index contributed by atoms with van der Waals surface area (Å²) < 4.78 is 1.67. The van der Waals surface area contributed by atoms with E-state index in [-0.39, 0.29) is 5.56 Å². The third-order valence-electron chi connectivity index (χ3n) is 1.32. The van der Waals surface area contributed by atoms with Gasteiger partial charge in [-0.15, -0.1) is 0 Å². The van der Waals surface area contributed by atoms with E-state index in [1.165, 1.54) is 0 Å². The van der Waals surface area contributed by atoms with E-state index in [1.807, 2.05) is 0 Å². The molecule has 10 heavy (non-hydrogen) atoms. The van der Waals surface area contributed by atoms with Crippen LogP contribution in [0.1, 0.15) is 0 Å².